The van der Waals surface area contributed by atoms with Crippen molar-refractivity contribution in [1.29, 1.82) is 0 Å². The fraction of sp³-hybridized carbons (Fsp3) is 0.289. The van der Waals surface area contributed by atoms with Crippen LogP contribution in [0.25, 0.3) is 11.1 Å². The Hall–Kier alpha value is -4.91. The quantitative estimate of drug-likeness (QED) is 0.139. The molecule has 45 heavy (non-hydrogen) atoms. The van der Waals surface area contributed by atoms with Crippen LogP contribution in [0, 0.1) is 5.92 Å². The van der Waals surface area contributed by atoms with Gasteiger partial charge in [0.15, 0.2) is 0 Å². The van der Waals surface area contributed by atoms with Gasteiger partial charge in [0.2, 0.25) is 0 Å². The normalized spacial score (nSPS) is 16.1. The lowest BCUT2D eigenvalue weighted by Crippen LogP contribution is -2.40. The molecule has 0 spiro atoms. The molecular formula is C38H39NO6. The molecule has 0 heterocycles. The van der Waals surface area contributed by atoms with Crippen LogP contribution in [-0.4, -0.2) is 40.7 Å². The first kappa shape index (κ1) is 31.5. The van der Waals surface area contributed by atoms with Crippen LogP contribution < -0.4 is 10.1 Å². The Morgan fingerprint density at radius 2 is 1.36 bits per heavy atom. The summed E-state index contributed by atoms with van der Waals surface area (Å²) >= 11 is 0. The lowest BCUT2D eigenvalue weighted by Gasteiger charge is -2.27. The van der Waals surface area contributed by atoms with E-state index in [0.29, 0.717) is 38.0 Å². The van der Waals surface area contributed by atoms with Crippen molar-refractivity contribution in [1.82, 2.24) is 5.32 Å². The lowest BCUT2D eigenvalue weighted by atomic mass is 9.85. The van der Waals surface area contributed by atoms with Gasteiger partial charge in [0, 0.05) is 6.04 Å². The summed E-state index contributed by atoms with van der Waals surface area (Å²) < 4.78 is 5.96. The number of carbonyl (C=O) groups is 3. The Morgan fingerprint density at radius 1 is 0.733 bits per heavy atom. The third kappa shape index (κ3) is 8.82. The van der Waals surface area contributed by atoms with Gasteiger partial charge in [0.05, 0.1) is 23.7 Å². The second-order valence-corrected chi connectivity index (χ2v) is 11.7. The van der Waals surface area contributed by atoms with Crippen LogP contribution in [0.3, 0.4) is 0 Å². The zero-order chi connectivity index (χ0) is 31.6. The summed E-state index contributed by atoms with van der Waals surface area (Å²) in [6.45, 7) is 0.359. The minimum Gasteiger partial charge on any atom is -0.493 e. The minimum absolute atomic E-state index is 0.0103. The highest BCUT2D eigenvalue weighted by Crippen LogP contribution is 2.27. The summed E-state index contributed by atoms with van der Waals surface area (Å²) in [5.74, 6) is -2.62. The van der Waals surface area contributed by atoms with Gasteiger partial charge in [-0.2, -0.15) is 0 Å². The molecule has 1 amide bonds. The summed E-state index contributed by atoms with van der Waals surface area (Å²) in [5, 5.41) is 21.7. The van der Waals surface area contributed by atoms with Gasteiger partial charge in [-0.05, 0) is 91.0 Å². The third-order valence-corrected chi connectivity index (χ3v) is 8.48. The summed E-state index contributed by atoms with van der Waals surface area (Å²) in [7, 11) is 0. The standard InChI is InChI=1S/C38H39NO6/c40-36(39-33-10-4-9-31(24-33)37(41)42)34-25-32(38(43)44)21-22-35(34)45-23-5-6-26-11-13-27(14-12-26)15-16-28-17-19-30(20-18-28)29-7-2-1-3-8-29/h1-3,7-8,11-14,17-22,25,31,33H,4-6,9-10,15-16,23-24H2,(H,39,40)(H,41,42)(H,43,44). The van der Waals surface area contributed by atoms with Crippen molar-refractivity contribution in [3.05, 3.63) is 125 Å². The maximum absolute atomic E-state index is 13.2. The van der Waals surface area contributed by atoms with Gasteiger partial charge in [-0.25, -0.2) is 4.79 Å². The molecule has 0 aliphatic heterocycles. The van der Waals surface area contributed by atoms with Gasteiger partial charge in [0.25, 0.3) is 5.91 Å². The SMILES string of the molecule is O=C(O)c1ccc(OCCCc2ccc(CCc3ccc(-c4ccccc4)cc3)cc2)c(C(=O)NC2CCCC(C(=O)O)C2)c1. The van der Waals surface area contributed by atoms with Gasteiger partial charge < -0.3 is 20.3 Å². The first-order chi connectivity index (χ1) is 21.9. The van der Waals surface area contributed by atoms with E-state index in [9.17, 15) is 24.6 Å². The monoisotopic (exact) mass is 605 g/mol. The van der Waals surface area contributed by atoms with E-state index >= 15 is 0 Å². The van der Waals surface area contributed by atoms with Crippen LogP contribution in [0.5, 0.6) is 5.75 Å². The Balaban J connectivity index is 1.10. The summed E-state index contributed by atoms with van der Waals surface area (Å²) in [6, 6.07) is 31.7. The fourth-order valence-corrected chi connectivity index (χ4v) is 5.89. The third-order valence-electron chi connectivity index (χ3n) is 8.48. The first-order valence-electron chi connectivity index (χ1n) is 15.6. The van der Waals surface area contributed by atoms with E-state index in [1.54, 1.807) is 0 Å². The van der Waals surface area contributed by atoms with E-state index in [2.05, 4.69) is 78.1 Å². The van der Waals surface area contributed by atoms with Crippen molar-refractivity contribution in [2.24, 2.45) is 5.92 Å². The molecule has 0 aromatic heterocycles. The van der Waals surface area contributed by atoms with Crippen molar-refractivity contribution in [2.75, 3.05) is 6.61 Å². The number of aliphatic carboxylic acids is 1. The molecule has 7 nitrogen and oxygen atoms in total. The van der Waals surface area contributed by atoms with Crippen molar-refractivity contribution in [2.45, 2.75) is 57.4 Å². The minimum atomic E-state index is -1.14. The molecule has 4 aromatic rings. The number of hydrogen-bond acceptors (Lipinski definition) is 4. The summed E-state index contributed by atoms with van der Waals surface area (Å²) in [5.41, 5.74) is 6.36. The molecule has 3 N–H and O–H groups in total. The lowest BCUT2D eigenvalue weighted by molar-refractivity contribution is -0.143. The van der Waals surface area contributed by atoms with Crippen LogP contribution in [-0.2, 0) is 24.1 Å². The predicted octanol–water partition coefficient (Wildman–Crippen LogP) is 7.22. The van der Waals surface area contributed by atoms with E-state index in [4.69, 9.17) is 4.74 Å². The van der Waals surface area contributed by atoms with E-state index in [0.717, 1.165) is 25.7 Å². The number of benzene rings is 4. The number of nitrogens with one attached hydrogen (secondary N) is 1. The number of hydrogen-bond donors (Lipinski definition) is 3. The number of amides is 1. The van der Waals surface area contributed by atoms with E-state index in [1.165, 1.54) is 46.0 Å². The molecule has 2 atom stereocenters. The van der Waals surface area contributed by atoms with Crippen LogP contribution >= 0.6 is 0 Å². The van der Waals surface area contributed by atoms with Crippen molar-refractivity contribution in [3.8, 4) is 16.9 Å². The van der Waals surface area contributed by atoms with E-state index in [-0.39, 0.29) is 17.2 Å². The van der Waals surface area contributed by atoms with E-state index in [1.807, 2.05) is 6.07 Å². The molecule has 0 radical (unpaired) electrons. The van der Waals surface area contributed by atoms with Crippen LogP contribution in [0.4, 0.5) is 0 Å². The molecule has 0 saturated heterocycles. The number of carboxylic acid groups (broad SMARTS) is 2. The molecule has 2 unspecified atom stereocenters. The molecule has 5 rings (SSSR count). The number of carboxylic acids is 2. The number of aromatic carboxylic acids is 1. The van der Waals surface area contributed by atoms with Crippen LogP contribution in [0.15, 0.2) is 97.1 Å². The average Bonchev–Trinajstić information content (AvgIpc) is 3.07. The fourth-order valence-electron chi connectivity index (χ4n) is 5.89. The van der Waals surface area contributed by atoms with Crippen LogP contribution in [0.1, 0.15) is 69.5 Å². The molecule has 7 heteroatoms. The number of rotatable bonds is 13. The molecule has 0 bridgehead atoms. The molecular weight excluding hydrogens is 566 g/mol. The topological polar surface area (TPSA) is 113 Å². The second-order valence-electron chi connectivity index (χ2n) is 11.7. The number of ether oxygens (including phenoxy) is 1. The Labute approximate surface area is 263 Å². The molecule has 4 aromatic carbocycles. The Bertz CT molecular complexity index is 1600. The second kappa shape index (κ2) is 15.2. The zero-order valence-corrected chi connectivity index (χ0v) is 25.3. The molecule has 1 aliphatic rings. The summed E-state index contributed by atoms with van der Waals surface area (Å²) in [4.78, 5) is 36.2. The van der Waals surface area contributed by atoms with Gasteiger partial charge >= 0.3 is 11.9 Å². The summed E-state index contributed by atoms with van der Waals surface area (Å²) in [6.07, 6.45) is 5.80. The Morgan fingerprint density at radius 3 is 2.00 bits per heavy atom. The highest BCUT2D eigenvalue weighted by molar-refractivity contribution is 6.00. The van der Waals surface area contributed by atoms with Crippen molar-refractivity contribution in [3.63, 3.8) is 0 Å². The highest BCUT2D eigenvalue weighted by Gasteiger charge is 2.29. The van der Waals surface area contributed by atoms with Gasteiger partial charge in [0.1, 0.15) is 5.75 Å². The van der Waals surface area contributed by atoms with E-state index < -0.39 is 23.8 Å². The van der Waals surface area contributed by atoms with Crippen molar-refractivity contribution < 1.29 is 29.3 Å². The predicted molar refractivity (Wildman–Crippen MR) is 174 cm³/mol. The zero-order valence-electron chi connectivity index (χ0n) is 25.3. The molecule has 1 fully saturated rings. The first-order valence-corrected chi connectivity index (χ1v) is 15.6. The number of carbonyl (C=O) groups excluding carboxylic acids is 1. The van der Waals surface area contributed by atoms with Crippen LogP contribution in [0.2, 0.25) is 0 Å². The molecule has 232 valence electrons. The maximum atomic E-state index is 13.2. The molecule has 1 aliphatic carbocycles. The number of aryl methyl sites for hydroxylation is 3. The maximum Gasteiger partial charge on any atom is 0.335 e. The van der Waals surface area contributed by atoms with Gasteiger partial charge in [-0.3, -0.25) is 9.59 Å². The molecule has 1 saturated carbocycles. The highest BCUT2D eigenvalue weighted by atomic mass is 16.5. The van der Waals surface area contributed by atoms with Crippen molar-refractivity contribution >= 4 is 17.8 Å². The Kier molecular flexibility index (Phi) is 10.6. The van der Waals surface area contributed by atoms with Gasteiger partial charge in [-0.1, -0.05) is 85.3 Å². The average molecular weight is 606 g/mol. The largest absolute Gasteiger partial charge is 0.493 e. The van der Waals surface area contributed by atoms with Gasteiger partial charge in [-0.15, -0.1) is 0 Å². The smallest absolute Gasteiger partial charge is 0.335 e.